The third kappa shape index (κ3) is 3.06. The van der Waals surface area contributed by atoms with Crippen LogP contribution in [-0.2, 0) is 6.54 Å². The van der Waals surface area contributed by atoms with Gasteiger partial charge in [-0.25, -0.2) is 0 Å². The van der Waals surface area contributed by atoms with E-state index >= 15 is 0 Å². The van der Waals surface area contributed by atoms with Gasteiger partial charge in [-0.1, -0.05) is 18.6 Å². The van der Waals surface area contributed by atoms with Gasteiger partial charge in [0, 0.05) is 19.1 Å². The van der Waals surface area contributed by atoms with Crippen molar-refractivity contribution in [1.29, 1.82) is 5.26 Å². The predicted molar refractivity (Wildman–Crippen MR) is 68.3 cm³/mol. The van der Waals surface area contributed by atoms with E-state index in [4.69, 9.17) is 11.0 Å². The van der Waals surface area contributed by atoms with Crippen molar-refractivity contribution in [2.24, 2.45) is 5.73 Å². The maximum absolute atomic E-state index is 8.88. The minimum atomic E-state index is 0.509. The third-order valence-electron chi connectivity index (χ3n) is 3.46. The first kappa shape index (κ1) is 12.1. The van der Waals surface area contributed by atoms with Gasteiger partial charge in [0.1, 0.15) is 0 Å². The van der Waals surface area contributed by atoms with Crippen molar-refractivity contribution in [2.75, 3.05) is 13.1 Å². The highest BCUT2D eigenvalue weighted by atomic mass is 15.2. The van der Waals surface area contributed by atoms with Crippen LogP contribution in [0.4, 0.5) is 0 Å². The van der Waals surface area contributed by atoms with E-state index in [1.807, 2.05) is 18.2 Å². The molecule has 1 unspecified atom stereocenters. The molecule has 0 aromatic heterocycles. The van der Waals surface area contributed by atoms with Crippen LogP contribution < -0.4 is 5.73 Å². The summed E-state index contributed by atoms with van der Waals surface area (Å²) in [4.78, 5) is 2.44. The number of nitrogens with two attached hydrogens (primary N) is 1. The molecule has 0 radical (unpaired) electrons. The van der Waals surface area contributed by atoms with Gasteiger partial charge >= 0.3 is 0 Å². The molecule has 2 rings (SSSR count). The zero-order valence-corrected chi connectivity index (χ0v) is 10.1. The van der Waals surface area contributed by atoms with Crippen molar-refractivity contribution in [3.8, 4) is 6.07 Å². The Bertz CT molecular complexity index is 408. The smallest absolute Gasteiger partial charge is 0.0991 e. The topological polar surface area (TPSA) is 53.0 Å². The molecule has 0 saturated carbocycles. The first-order valence-corrected chi connectivity index (χ1v) is 6.26. The summed E-state index contributed by atoms with van der Waals surface area (Å²) in [5.41, 5.74) is 7.76. The van der Waals surface area contributed by atoms with Crippen LogP contribution in [-0.4, -0.2) is 24.0 Å². The van der Waals surface area contributed by atoms with E-state index < -0.39 is 0 Å². The lowest BCUT2D eigenvalue weighted by atomic mass is 10.0. The Morgan fingerprint density at radius 1 is 1.41 bits per heavy atom. The van der Waals surface area contributed by atoms with Gasteiger partial charge < -0.3 is 5.73 Å². The molecule has 1 atom stereocenters. The fourth-order valence-electron chi connectivity index (χ4n) is 2.51. The van der Waals surface area contributed by atoms with Crippen LogP contribution in [0.1, 0.15) is 30.4 Å². The molecule has 1 aliphatic heterocycles. The fraction of sp³-hybridized carbons (Fsp3) is 0.500. The normalized spacial score (nSPS) is 21.1. The number of nitrogens with zero attached hydrogens (tertiary/aromatic N) is 2. The van der Waals surface area contributed by atoms with Crippen LogP contribution in [0.5, 0.6) is 0 Å². The van der Waals surface area contributed by atoms with Crippen molar-refractivity contribution in [2.45, 2.75) is 31.8 Å². The molecule has 1 saturated heterocycles. The van der Waals surface area contributed by atoms with Crippen LogP contribution in [0.2, 0.25) is 0 Å². The van der Waals surface area contributed by atoms with Crippen LogP contribution >= 0.6 is 0 Å². The average Bonchev–Trinajstić information content (AvgIpc) is 2.39. The summed E-state index contributed by atoms with van der Waals surface area (Å²) < 4.78 is 0. The monoisotopic (exact) mass is 229 g/mol. The van der Waals surface area contributed by atoms with E-state index in [2.05, 4.69) is 17.0 Å². The fourth-order valence-corrected chi connectivity index (χ4v) is 2.51. The van der Waals surface area contributed by atoms with Crippen molar-refractivity contribution < 1.29 is 0 Å². The summed E-state index contributed by atoms with van der Waals surface area (Å²) in [7, 11) is 0. The summed E-state index contributed by atoms with van der Waals surface area (Å²) in [6.45, 7) is 2.77. The van der Waals surface area contributed by atoms with E-state index in [1.165, 1.54) is 24.8 Å². The van der Waals surface area contributed by atoms with E-state index in [9.17, 15) is 0 Å². The third-order valence-corrected chi connectivity index (χ3v) is 3.46. The van der Waals surface area contributed by atoms with Gasteiger partial charge in [0.25, 0.3) is 0 Å². The summed E-state index contributed by atoms with van der Waals surface area (Å²) in [5.74, 6) is 0. The molecule has 0 aliphatic carbocycles. The second kappa shape index (κ2) is 5.81. The molecule has 2 N–H and O–H groups in total. The van der Waals surface area contributed by atoms with Gasteiger partial charge in [0.05, 0.1) is 11.6 Å². The number of nitriles is 1. The van der Waals surface area contributed by atoms with Crippen molar-refractivity contribution in [3.63, 3.8) is 0 Å². The maximum Gasteiger partial charge on any atom is 0.0991 e. The summed E-state index contributed by atoms with van der Waals surface area (Å²) in [5, 5.41) is 8.88. The van der Waals surface area contributed by atoms with Gasteiger partial charge in [0.2, 0.25) is 0 Å². The van der Waals surface area contributed by atoms with Crippen LogP contribution in [0, 0.1) is 11.3 Å². The molecule has 3 nitrogen and oxygen atoms in total. The summed E-state index contributed by atoms with van der Waals surface area (Å²) in [6.07, 6.45) is 3.75. The van der Waals surface area contributed by atoms with E-state index in [0.29, 0.717) is 6.04 Å². The number of benzene rings is 1. The Morgan fingerprint density at radius 2 is 2.29 bits per heavy atom. The van der Waals surface area contributed by atoms with Crippen molar-refractivity contribution >= 4 is 0 Å². The van der Waals surface area contributed by atoms with E-state index in [1.54, 1.807) is 0 Å². The molecular formula is C14H19N3. The van der Waals surface area contributed by atoms with Gasteiger partial charge in [0.15, 0.2) is 0 Å². The van der Waals surface area contributed by atoms with Gasteiger partial charge in [-0.3, -0.25) is 4.90 Å². The lowest BCUT2D eigenvalue weighted by Crippen LogP contribution is -2.43. The Balaban J connectivity index is 2.06. The zero-order valence-electron chi connectivity index (χ0n) is 10.1. The number of likely N-dealkylation sites (tertiary alicyclic amines) is 1. The van der Waals surface area contributed by atoms with E-state index in [-0.39, 0.29) is 0 Å². The summed E-state index contributed by atoms with van der Waals surface area (Å²) in [6, 6.07) is 10.6. The van der Waals surface area contributed by atoms with E-state index in [0.717, 1.165) is 25.2 Å². The highest BCUT2D eigenvalue weighted by Gasteiger charge is 2.20. The molecule has 1 aromatic rings. The zero-order chi connectivity index (χ0) is 12.1. The Kier molecular flexibility index (Phi) is 4.13. The largest absolute Gasteiger partial charge is 0.329 e. The first-order chi connectivity index (χ1) is 8.33. The second-order valence-electron chi connectivity index (χ2n) is 4.67. The molecule has 1 aliphatic rings. The minimum absolute atomic E-state index is 0.509. The molecule has 1 fully saturated rings. The summed E-state index contributed by atoms with van der Waals surface area (Å²) >= 11 is 0. The minimum Gasteiger partial charge on any atom is -0.329 e. The predicted octanol–water partition coefficient (Wildman–Crippen LogP) is 1.87. The molecule has 1 heterocycles. The standard InChI is InChI=1S/C14H19N3/c15-9-12-4-3-5-13(8-12)11-17-7-2-1-6-14(17)10-16/h3-5,8,14H,1-2,6-7,10-11,16H2. The Hall–Kier alpha value is -1.37. The molecule has 90 valence electrons. The lowest BCUT2D eigenvalue weighted by Gasteiger charge is -2.35. The Labute approximate surface area is 103 Å². The van der Waals surface area contributed by atoms with Crippen LogP contribution in [0.3, 0.4) is 0 Å². The maximum atomic E-state index is 8.88. The SMILES string of the molecule is N#Cc1cccc(CN2CCCCC2CN)c1. The molecule has 0 bridgehead atoms. The Morgan fingerprint density at radius 3 is 3.06 bits per heavy atom. The number of piperidine rings is 1. The highest BCUT2D eigenvalue weighted by molar-refractivity contribution is 5.32. The van der Waals surface area contributed by atoms with Crippen LogP contribution in [0.15, 0.2) is 24.3 Å². The second-order valence-corrected chi connectivity index (χ2v) is 4.67. The average molecular weight is 229 g/mol. The first-order valence-electron chi connectivity index (χ1n) is 6.26. The highest BCUT2D eigenvalue weighted by Crippen LogP contribution is 2.19. The van der Waals surface area contributed by atoms with Crippen LogP contribution in [0.25, 0.3) is 0 Å². The molecule has 3 heteroatoms. The molecule has 1 aromatic carbocycles. The van der Waals surface area contributed by atoms with Gasteiger partial charge in [-0.2, -0.15) is 5.26 Å². The molecule has 0 amide bonds. The number of rotatable bonds is 3. The van der Waals surface area contributed by atoms with Crippen molar-refractivity contribution in [1.82, 2.24) is 4.90 Å². The number of hydrogen-bond acceptors (Lipinski definition) is 3. The van der Waals surface area contributed by atoms with Crippen molar-refractivity contribution in [3.05, 3.63) is 35.4 Å². The molecule has 17 heavy (non-hydrogen) atoms. The molecular weight excluding hydrogens is 210 g/mol. The lowest BCUT2D eigenvalue weighted by molar-refractivity contribution is 0.145. The molecule has 0 spiro atoms. The van der Waals surface area contributed by atoms with Gasteiger partial charge in [-0.05, 0) is 37.1 Å². The van der Waals surface area contributed by atoms with Gasteiger partial charge in [-0.15, -0.1) is 0 Å². The quantitative estimate of drug-likeness (QED) is 0.861. The number of hydrogen-bond donors (Lipinski definition) is 1.